The van der Waals surface area contributed by atoms with Crippen LogP contribution in [0.3, 0.4) is 0 Å². The maximum Gasteiger partial charge on any atom is 0.275 e. The molecule has 7 heteroatoms. The van der Waals surface area contributed by atoms with Gasteiger partial charge in [-0.15, -0.1) is 0 Å². The van der Waals surface area contributed by atoms with Gasteiger partial charge in [-0.25, -0.2) is 4.68 Å². The normalized spacial score (nSPS) is 19.8. The quantitative estimate of drug-likeness (QED) is 0.849. The number of rotatable bonds is 4. The molecule has 25 heavy (non-hydrogen) atoms. The third-order valence-corrected chi connectivity index (χ3v) is 4.56. The van der Waals surface area contributed by atoms with Crippen molar-refractivity contribution in [2.24, 2.45) is 0 Å². The lowest BCUT2D eigenvalue weighted by molar-refractivity contribution is -0.126. The van der Waals surface area contributed by atoms with E-state index in [2.05, 4.69) is 10.4 Å². The minimum absolute atomic E-state index is 0.0105. The number of aryl methyl sites for hydroxylation is 1. The number of hydrogen-bond donors (Lipinski definition) is 1. The molecule has 4 rings (SSSR count). The van der Waals surface area contributed by atoms with Crippen LogP contribution in [0, 0.1) is 6.92 Å². The number of amides is 3. The van der Waals surface area contributed by atoms with Gasteiger partial charge in [0.2, 0.25) is 11.8 Å². The van der Waals surface area contributed by atoms with E-state index in [0.717, 1.165) is 24.2 Å². The summed E-state index contributed by atoms with van der Waals surface area (Å²) in [6.07, 6.45) is 1.73. The average molecular weight is 338 g/mol. The van der Waals surface area contributed by atoms with Crippen molar-refractivity contribution < 1.29 is 14.4 Å². The lowest BCUT2D eigenvalue weighted by Gasteiger charge is -2.25. The van der Waals surface area contributed by atoms with E-state index in [0.29, 0.717) is 5.69 Å². The smallest absolute Gasteiger partial charge is 0.275 e. The highest BCUT2D eigenvalue weighted by Gasteiger charge is 2.45. The second-order valence-electron chi connectivity index (χ2n) is 6.49. The molecule has 0 unspecified atom stereocenters. The minimum atomic E-state index is -0.727. The van der Waals surface area contributed by atoms with Crippen LogP contribution < -0.4 is 5.32 Å². The fourth-order valence-electron chi connectivity index (χ4n) is 3.22. The highest BCUT2D eigenvalue weighted by Crippen LogP contribution is 2.32. The molecular weight excluding hydrogens is 320 g/mol. The standard InChI is InChI=1S/C18H18N4O3/c1-11-9-14(20-22(11)13-5-3-2-4-6-13)18(25)21(12-7-8-12)15-10-16(23)19-17(15)24/h2-6,9,12,15H,7-8,10H2,1H3,(H,19,23,24)/t15-/m0/s1. The summed E-state index contributed by atoms with van der Waals surface area (Å²) >= 11 is 0. The highest BCUT2D eigenvalue weighted by atomic mass is 16.2. The number of aromatic nitrogens is 2. The van der Waals surface area contributed by atoms with Gasteiger partial charge < -0.3 is 4.90 Å². The Morgan fingerprint density at radius 2 is 1.96 bits per heavy atom. The summed E-state index contributed by atoms with van der Waals surface area (Å²) < 4.78 is 1.71. The molecule has 2 heterocycles. The molecule has 2 fully saturated rings. The van der Waals surface area contributed by atoms with Crippen LogP contribution in [0.4, 0.5) is 0 Å². The fourth-order valence-corrected chi connectivity index (χ4v) is 3.22. The van der Waals surface area contributed by atoms with E-state index in [1.807, 2.05) is 37.3 Å². The van der Waals surface area contributed by atoms with Crippen LogP contribution in [0.2, 0.25) is 0 Å². The van der Waals surface area contributed by atoms with Gasteiger partial charge in [0.05, 0.1) is 12.1 Å². The van der Waals surface area contributed by atoms with Gasteiger partial charge in [-0.3, -0.25) is 19.7 Å². The van der Waals surface area contributed by atoms with E-state index in [1.165, 1.54) is 4.90 Å². The summed E-state index contributed by atoms with van der Waals surface area (Å²) in [5, 5.41) is 6.72. The Hall–Kier alpha value is -2.96. The van der Waals surface area contributed by atoms with Gasteiger partial charge in [-0.05, 0) is 38.0 Å². The first-order valence-corrected chi connectivity index (χ1v) is 8.33. The van der Waals surface area contributed by atoms with Crippen molar-refractivity contribution in [2.75, 3.05) is 0 Å². The van der Waals surface area contributed by atoms with E-state index >= 15 is 0 Å². The summed E-state index contributed by atoms with van der Waals surface area (Å²) in [7, 11) is 0. The molecular formula is C18H18N4O3. The van der Waals surface area contributed by atoms with Crippen molar-refractivity contribution in [2.45, 2.75) is 38.3 Å². The molecule has 3 amide bonds. The number of para-hydroxylation sites is 1. The molecule has 1 saturated heterocycles. The van der Waals surface area contributed by atoms with Crippen molar-refractivity contribution in [1.82, 2.24) is 20.0 Å². The second kappa shape index (κ2) is 5.84. The first kappa shape index (κ1) is 15.6. The van der Waals surface area contributed by atoms with E-state index in [1.54, 1.807) is 10.7 Å². The Labute approximate surface area is 144 Å². The molecule has 2 aromatic rings. The van der Waals surface area contributed by atoms with Crippen LogP contribution in [0.1, 0.15) is 35.4 Å². The van der Waals surface area contributed by atoms with Crippen LogP contribution in [-0.2, 0) is 9.59 Å². The Morgan fingerprint density at radius 1 is 1.24 bits per heavy atom. The number of carbonyl (C=O) groups excluding carboxylic acids is 3. The maximum absolute atomic E-state index is 13.0. The summed E-state index contributed by atoms with van der Waals surface area (Å²) in [5.74, 6) is -1.03. The fraction of sp³-hybridized carbons (Fsp3) is 0.333. The average Bonchev–Trinajstić information content (AvgIpc) is 3.27. The van der Waals surface area contributed by atoms with Gasteiger partial charge in [-0.2, -0.15) is 5.10 Å². The number of nitrogens with one attached hydrogen (secondary N) is 1. The first-order chi connectivity index (χ1) is 12.0. The van der Waals surface area contributed by atoms with E-state index < -0.39 is 11.9 Å². The molecule has 0 spiro atoms. The van der Waals surface area contributed by atoms with Gasteiger partial charge in [0, 0.05) is 11.7 Å². The molecule has 1 atom stereocenters. The second-order valence-corrected chi connectivity index (χ2v) is 6.49. The van der Waals surface area contributed by atoms with Crippen molar-refractivity contribution in [3.05, 3.63) is 47.8 Å². The number of nitrogens with zero attached hydrogens (tertiary/aromatic N) is 3. The molecule has 7 nitrogen and oxygen atoms in total. The van der Waals surface area contributed by atoms with E-state index in [-0.39, 0.29) is 24.3 Å². The van der Waals surface area contributed by atoms with Crippen molar-refractivity contribution >= 4 is 17.7 Å². The van der Waals surface area contributed by atoms with Crippen molar-refractivity contribution in [1.29, 1.82) is 0 Å². The minimum Gasteiger partial charge on any atom is -0.322 e. The Morgan fingerprint density at radius 3 is 2.56 bits per heavy atom. The van der Waals surface area contributed by atoms with Gasteiger partial charge >= 0.3 is 0 Å². The van der Waals surface area contributed by atoms with Gasteiger partial charge in [0.15, 0.2) is 5.69 Å². The molecule has 1 aromatic heterocycles. The zero-order valence-corrected chi connectivity index (χ0v) is 13.8. The SMILES string of the molecule is Cc1cc(C(=O)N(C2CC2)[C@H]2CC(=O)NC2=O)nn1-c1ccccc1. The van der Waals surface area contributed by atoms with Gasteiger partial charge in [-0.1, -0.05) is 18.2 Å². The topological polar surface area (TPSA) is 84.3 Å². The van der Waals surface area contributed by atoms with E-state index in [9.17, 15) is 14.4 Å². The number of benzene rings is 1. The molecule has 1 N–H and O–H groups in total. The maximum atomic E-state index is 13.0. The van der Waals surface area contributed by atoms with Crippen LogP contribution in [-0.4, -0.2) is 44.5 Å². The zero-order chi connectivity index (χ0) is 17.6. The Balaban J connectivity index is 1.65. The van der Waals surface area contributed by atoms with Crippen LogP contribution in [0.5, 0.6) is 0 Å². The van der Waals surface area contributed by atoms with Crippen LogP contribution in [0.15, 0.2) is 36.4 Å². The highest BCUT2D eigenvalue weighted by molar-refractivity contribution is 6.08. The predicted octanol–water partition coefficient (Wildman–Crippen LogP) is 1.20. The van der Waals surface area contributed by atoms with Crippen LogP contribution in [0.25, 0.3) is 5.69 Å². The van der Waals surface area contributed by atoms with Crippen molar-refractivity contribution in [3.8, 4) is 5.69 Å². The molecule has 1 aliphatic carbocycles. The summed E-state index contributed by atoms with van der Waals surface area (Å²) in [5.41, 5.74) is 1.99. The molecule has 128 valence electrons. The number of imide groups is 1. The summed E-state index contributed by atoms with van der Waals surface area (Å²) in [4.78, 5) is 38.1. The molecule has 2 aliphatic rings. The van der Waals surface area contributed by atoms with Gasteiger partial charge in [0.1, 0.15) is 6.04 Å². The third-order valence-electron chi connectivity index (χ3n) is 4.56. The number of hydrogen-bond acceptors (Lipinski definition) is 4. The summed E-state index contributed by atoms with van der Waals surface area (Å²) in [6, 6.07) is 10.6. The molecule has 0 bridgehead atoms. The third kappa shape index (κ3) is 2.82. The molecule has 1 aliphatic heterocycles. The monoisotopic (exact) mass is 338 g/mol. The largest absolute Gasteiger partial charge is 0.322 e. The molecule has 1 saturated carbocycles. The van der Waals surface area contributed by atoms with Gasteiger partial charge in [0.25, 0.3) is 5.91 Å². The molecule has 1 aromatic carbocycles. The Bertz CT molecular complexity index is 854. The van der Waals surface area contributed by atoms with Crippen molar-refractivity contribution in [3.63, 3.8) is 0 Å². The predicted molar refractivity (Wildman–Crippen MR) is 89.0 cm³/mol. The lowest BCUT2D eigenvalue weighted by atomic mass is 10.2. The first-order valence-electron chi connectivity index (χ1n) is 8.33. The Kier molecular flexibility index (Phi) is 3.63. The zero-order valence-electron chi connectivity index (χ0n) is 13.8. The lowest BCUT2D eigenvalue weighted by Crippen LogP contribution is -2.46. The van der Waals surface area contributed by atoms with E-state index in [4.69, 9.17) is 0 Å². The number of carbonyl (C=O) groups is 3. The van der Waals surface area contributed by atoms with Crippen LogP contribution >= 0.6 is 0 Å². The summed E-state index contributed by atoms with van der Waals surface area (Å²) in [6.45, 7) is 1.88. The molecule has 0 radical (unpaired) electrons.